The number of hydrogen-bond donors (Lipinski definition) is 8. The van der Waals surface area contributed by atoms with Gasteiger partial charge in [0.1, 0.15) is 46.9 Å². The molecule has 1 fully saturated rings. The number of aliphatic hydroxyl groups excluding tert-OH is 4. The Bertz CT molecular complexity index is 1320. The number of aromatic hydroxyl groups is 4. The first kappa shape index (κ1) is 24.4. The predicted octanol–water partition coefficient (Wildman–Crippen LogP) is -0.530. The lowest BCUT2D eigenvalue weighted by Gasteiger charge is -2.39. The molecule has 2 aromatic carbocycles. The number of aliphatic hydroxyl groups is 4. The van der Waals surface area contributed by atoms with Gasteiger partial charge in [-0.1, -0.05) is 0 Å². The van der Waals surface area contributed by atoms with E-state index in [4.69, 9.17) is 18.6 Å². The maximum Gasteiger partial charge on any atom is 0.239 e. The van der Waals surface area contributed by atoms with Gasteiger partial charge in [-0.25, -0.2) is 0 Å². The van der Waals surface area contributed by atoms with Gasteiger partial charge in [0.15, 0.2) is 17.3 Å². The van der Waals surface area contributed by atoms with Gasteiger partial charge in [-0.3, -0.25) is 4.79 Å². The lowest BCUT2D eigenvalue weighted by Crippen LogP contribution is -2.60. The Morgan fingerprint density at radius 1 is 0.943 bits per heavy atom. The Hall–Kier alpha value is -3.75. The van der Waals surface area contributed by atoms with Gasteiger partial charge in [-0.15, -0.1) is 0 Å². The van der Waals surface area contributed by atoms with Gasteiger partial charge in [0.2, 0.25) is 23.2 Å². The molecule has 1 aromatic heterocycles. The molecule has 3 aromatic rings. The van der Waals surface area contributed by atoms with E-state index < -0.39 is 71.5 Å². The van der Waals surface area contributed by atoms with Crippen LogP contribution in [0.15, 0.2) is 33.5 Å². The molecule has 35 heavy (non-hydrogen) atoms. The van der Waals surface area contributed by atoms with E-state index in [0.717, 1.165) is 31.4 Å². The molecule has 13 nitrogen and oxygen atoms in total. The first-order valence-corrected chi connectivity index (χ1v) is 10.2. The summed E-state index contributed by atoms with van der Waals surface area (Å²) in [5.41, 5.74) is -1.09. The monoisotopic (exact) mass is 494 g/mol. The van der Waals surface area contributed by atoms with Gasteiger partial charge in [-0.2, -0.15) is 0 Å². The molecule has 0 aliphatic carbocycles. The molecule has 5 atom stereocenters. The van der Waals surface area contributed by atoms with E-state index in [1.165, 1.54) is 0 Å². The number of methoxy groups -OCH3 is 1. The minimum absolute atomic E-state index is 0.0708. The van der Waals surface area contributed by atoms with Crippen LogP contribution >= 0.6 is 0 Å². The highest BCUT2D eigenvalue weighted by atomic mass is 16.7. The Morgan fingerprint density at radius 3 is 2.31 bits per heavy atom. The second-order valence-corrected chi connectivity index (χ2v) is 7.79. The van der Waals surface area contributed by atoms with Crippen LogP contribution in [-0.2, 0) is 4.74 Å². The highest BCUT2D eigenvalue weighted by Gasteiger charge is 2.45. The van der Waals surface area contributed by atoms with Crippen LogP contribution < -0.4 is 14.9 Å². The number of benzene rings is 2. The second kappa shape index (κ2) is 9.13. The van der Waals surface area contributed by atoms with Crippen LogP contribution in [-0.4, -0.2) is 85.3 Å². The van der Waals surface area contributed by atoms with E-state index in [1.807, 2.05) is 0 Å². The quantitative estimate of drug-likeness (QED) is 0.209. The van der Waals surface area contributed by atoms with Crippen LogP contribution in [0.25, 0.3) is 22.3 Å². The maximum atomic E-state index is 12.9. The molecule has 1 saturated heterocycles. The summed E-state index contributed by atoms with van der Waals surface area (Å²) in [5, 5.41) is 79.5. The van der Waals surface area contributed by atoms with E-state index in [2.05, 4.69) is 0 Å². The molecule has 13 heteroatoms. The summed E-state index contributed by atoms with van der Waals surface area (Å²) in [7, 11) is 1.16. The van der Waals surface area contributed by atoms with Crippen LogP contribution in [0.4, 0.5) is 0 Å². The molecule has 4 rings (SSSR count). The molecule has 0 spiro atoms. The Labute approximate surface area is 195 Å². The van der Waals surface area contributed by atoms with E-state index in [1.54, 1.807) is 0 Å². The van der Waals surface area contributed by atoms with Gasteiger partial charge in [0, 0.05) is 17.7 Å². The molecule has 3 unspecified atom stereocenters. The van der Waals surface area contributed by atoms with Crippen LogP contribution in [0.3, 0.4) is 0 Å². The lowest BCUT2D eigenvalue weighted by molar-refractivity contribution is -0.277. The third-order valence-electron chi connectivity index (χ3n) is 5.53. The van der Waals surface area contributed by atoms with Crippen molar-refractivity contribution in [2.24, 2.45) is 0 Å². The summed E-state index contributed by atoms with van der Waals surface area (Å²) >= 11 is 0. The van der Waals surface area contributed by atoms with Crippen molar-refractivity contribution in [1.82, 2.24) is 0 Å². The molecular formula is C22H22O13. The summed E-state index contributed by atoms with van der Waals surface area (Å²) in [4.78, 5) is 12.9. The van der Waals surface area contributed by atoms with Crippen LogP contribution in [0.1, 0.15) is 0 Å². The van der Waals surface area contributed by atoms with Crippen molar-refractivity contribution in [2.75, 3.05) is 13.7 Å². The van der Waals surface area contributed by atoms with Crippen molar-refractivity contribution < 1.29 is 59.5 Å². The fraction of sp³-hybridized carbons (Fsp3) is 0.318. The minimum Gasteiger partial charge on any atom is -0.508 e. The molecule has 0 amide bonds. The van der Waals surface area contributed by atoms with E-state index in [9.17, 15) is 45.6 Å². The average molecular weight is 494 g/mol. The number of ether oxygens (including phenoxy) is 3. The van der Waals surface area contributed by atoms with Gasteiger partial charge >= 0.3 is 0 Å². The third kappa shape index (κ3) is 4.15. The fourth-order valence-corrected chi connectivity index (χ4v) is 3.75. The molecule has 188 valence electrons. The SMILES string of the molecule is COc1c(-c2cc(O)c(O)c(O[C@@H]3OC(CO)[C@@H](O)C(O)C3O)c2)oc2cc(O)cc(O)c2c1=O. The summed E-state index contributed by atoms with van der Waals surface area (Å²) in [6.45, 7) is -0.721. The van der Waals surface area contributed by atoms with Crippen molar-refractivity contribution in [3.05, 3.63) is 34.5 Å². The molecule has 8 N–H and O–H groups in total. The fourth-order valence-electron chi connectivity index (χ4n) is 3.75. The first-order chi connectivity index (χ1) is 16.6. The minimum atomic E-state index is -1.81. The van der Waals surface area contributed by atoms with Gasteiger partial charge in [0.05, 0.1) is 13.7 Å². The highest BCUT2D eigenvalue weighted by molar-refractivity contribution is 5.88. The van der Waals surface area contributed by atoms with Crippen LogP contribution in [0.2, 0.25) is 0 Å². The summed E-state index contributed by atoms with van der Waals surface area (Å²) in [5.74, 6) is -3.65. The van der Waals surface area contributed by atoms with Gasteiger partial charge in [-0.05, 0) is 12.1 Å². The molecule has 0 bridgehead atoms. The molecule has 0 radical (unpaired) electrons. The average Bonchev–Trinajstić information content (AvgIpc) is 2.81. The largest absolute Gasteiger partial charge is 0.508 e. The Kier molecular flexibility index (Phi) is 6.36. The van der Waals surface area contributed by atoms with E-state index >= 15 is 0 Å². The third-order valence-corrected chi connectivity index (χ3v) is 5.53. The maximum absolute atomic E-state index is 12.9. The normalized spacial score (nSPS) is 24.4. The predicted molar refractivity (Wildman–Crippen MR) is 116 cm³/mol. The van der Waals surface area contributed by atoms with Crippen molar-refractivity contribution >= 4 is 11.0 Å². The van der Waals surface area contributed by atoms with Crippen LogP contribution in [0.5, 0.6) is 34.5 Å². The van der Waals surface area contributed by atoms with E-state index in [-0.39, 0.29) is 28.0 Å². The molecule has 2 heterocycles. The van der Waals surface area contributed by atoms with Crippen molar-refractivity contribution in [1.29, 1.82) is 0 Å². The Balaban J connectivity index is 1.82. The van der Waals surface area contributed by atoms with Crippen molar-refractivity contribution in [2.45, 2.75) is 30.7 Å². The van der Waals surface area contributed by atoms with Gasteiger partial charge < -0.3 is 59.5 Å². The molecular weight excluding hydrogens is 472 g/mol. The smallest absolute Gasteiger partial charge is 0.239 e. The zero-order valence-electron chi connectivity index (χ0n) is 18.0. The van der Waals surface area contributed by atoms with Crippen molar-refractivity contribution in [3.8, 4) is 45.8 Å². The number of phenols is 4. The summed E-state index contributed by atoms with van der Waals surface area (Å²) in [6, 6.07) is 4.11. The molecule has 1 aliphatic rings. The number of hydrogen-bond acceptors (Lipinski definition) is 13. The standard InChI is InChI=1S/C22H22O13/c1-32-21-17(29)14-9(25)4-8(24)5-11(14)33-20(21)7-2-10(26)15(27)12(3-7)34-22-19(31)18(30)16(28)13(6-23)35-22/h2-5,13,16,18-19,22-28,30-31H,6H2,1H3/t13?,16-,18?,19?,22-/m1/s1. The number of rotatable bonds is 5. The van der Waals surface area contributed by atoms with Crippen LogP contribution in [0, 0.1) is 0 Å². The topological polar surface area (TPSA) is 220 Å². The van der Waals surface area contributed by atoms with Gasteiger partial charge in [0.25, 0.3) is 0 Å². The lowest BCUT2D eigenvalue weighted by atomic mass is 9.99. The summed E-state index contributed by atoms with van der Waals surface area (Å²) in [6.07, 6.45) is -8.20. The molecule has 0 saturated carbocycles. The Morgan fingerprint density at radius 2 is 1.66 bits per heavy atom. The second-order valence-electron chi connectivity index (χ2n) is 7.79. The molecule has 1 aliphatic heterocycles. The zero-order chi connectivity index (χ0) is 25.6. The number of phenolic OH excluding ortho intramolecular Hbond substituents is 4. The van der Waals surface area contributed by atoms with Crippen molar-refractivity contribution in [3.63, 3.8) is 0 Å². The first-order valence-electron chi connectivity index (χ1n) is 10.2. The van der Waals surface area contributed by atoms with E-state index in [0.29, 0.717) is 0 Å². The summed E-state index contributed by atoms with van der Waals surface area (Å²) < 4.78 is 21.5. The zero-order valence-corrected chi connectivity index (χ0v) is 18.0. The highest BCUT2D eigenvalue weighted by Crippen LogP contribution is 2.44. The number of fused-ring (bicyclic) bond motifs is 1.